The minimum absolute atomic E-state index is 0.0983. The van der Waals surface area contributed by atoms with E-state index in [9.17, 15) is 9.59 Å². The Labute approximate surface area is 105 Å². The number of carboxylic acid groups (broad SMARTS) is 1. The third kappa shape index (κ3) is 3.61. The molecule has 0 radical (unpaired) electrons. The molecule has 0 aromatic heterocycles. The predicted molar refractivity (Wildman–Crippen MR) is 66.1 cm³/mol. The van der Waals surface area contributed by atoms with Crippen molar-refractivity contribution in [3.8, 4) is 0 Å². The zero-order chi connectivity index (χ0) is 13.0. The number of thioether (sulfide) groups is 1. The standard InChI is InChI=1S/C11H19NO4S/c1-7(17-3)4-10(13)12-6-8(16-2)5-9(12)11(14)15/h7-9H,4-6H2,1-3H3,(H,14,15). The smallest absolute Gasteiger partial charge is 0.326 e. The molecule has 1 N–H and O–H groups in total. The zero-order valence-electron chi connectivity index (χ0n) is 10.4. The van der Waals surface area contributed by atoms with E-state index in [1.54, 1.807) is 18.9 Å². The number of carbonyl (C=O) groups excluding carboxylic acids is 1. The lowest BCUT2D eigenvalue weighted by atomic mass is 10.2. The molecule has 0 aromatic rings. The van der Waals surface area contributed by atoms with Gasteiger partial charge >= 0.3 is 5.97 Å². The van der Waals surface area contributed by atoms with Crippen LogP contribution >= 0.6 is 11.8 Å². The van der Waals surface area contributed by atoms with Gasteiger partial charge in [0.25, 0.3) is 0 Å². The van der Waals surface area contributed by atoms with Crippen molar-refractivity contribution in [1.29, 1.82) is 0 Å². The number of rotatable bonds is 5. The van der Waals surface area contributed by atoms with Crippen LogP contribution in [0.5, 0.6) is 0 Å². The number of ether oxygens (including phenoxy) is 1. The molecule has 6 heteroatoms. The Hall–Kier alpha value is -0.750. The molecule has 98 valence electrons. The molecule has 5 nitrogen and oxygen atoms in total. The molecule has 1 saturated heterocycles. The van der Waals surface area contributed by atoms with E-state index in [0.717, 1.165) is 0 Å². The maximum absolute atomic E-state index is 12.0. The minimum atomic E-state index is -0.949. The van der Waals surface area contributed by atoms with E-state index in [1.165, 1.54) is 4.90 Å². The Kier molecular flexibility index (Phi) is 5.27. The number of methoxy groups -OCH3 is 1. The molecule has 1 rings (SSSR count). The fourth-order valence-corrected chi connectivity index (χ4v) is 2.23. The number of nitrogens with zero attached hydrogens (tertiary/aromatic N) is 1. The van der Waals surface area contributed by atoms with Crippen LogP contribution in [0.25, 0.3) is 0 Å². The number of carboxylic acids is 1. The van der Waals surface area contributed by atoms with Gasteiger partial charge in [-0.2, -0.15) is 11.8 Å². The summed E-state index contributed by atoms with van der Waals surface area (Å²) < 4.78 is 5.14. The van der Waals surface area contributed by atoms with Gasteiger partial charge in [-0.15, -0.1) is 0 Å². The molecule has 0 aromatic carbocycles. The van der Waals surface area contributed by atoms with Gasteiger partial charge < -0.3 is 14.7 Å². The first-order valence-electron chi connectivity index (χ1n) is 5.57. The Bertz CT molecular complexity index is 297. The molecule has 0 aliphatic carbocycles. The quantitative estimate of drug-likeness (QED) is 0.794. The zero-order valence-corrected chi connectivity index (χ0v) is 11.2. The van der Waals surface area contributed by atoms with Gasteiger partial charge in [0.05, 0.1) is 6.10 Å². The molecular weight excluding hydrogens is 242 g/mol. The number of hydrogen-bond donors (Lipinski definition) is 1. The van der Waals surface area contributed by atoms with Gasteiger partial charge in [0.2, 0.25) is 5.91 Å². The summed E-state index contributed by atoms with van der Waals surface area (Å²) in [5, 5.41) is 9.29. The van der Waals surface area contributed by atoms with Crippen molar-refractivity contribution in [3.63, 3.8) is 0 Å². The lowest BCUT2D eigenvalue weighted by Gasteiger charge is -2.22. The summed E-state index contributed by atoms with van der Waals surface area (Å²) in [7, 11) is 1.54. The summed E-state index contributed by atoms with van der Waals surface area (Å²) >= 11 is 1.60. The number of carbonyl (C=O) groups is 2. The van der Waals surface area contributed by atoms with E-state index < -0.39 is 12.0 Å². The van der Waals surface area contributed by atoms with Crippen molar-refractivity contribution in [2.24, 2.45) is 0 Å². The number of amides is 1. The summed E-state index contributed by atoms with van der Waals surface area (Å²) in [5.74, 6) is -1.05. The van der Waals surface area contributed by atoms with Gasteiger partial charge in [-0.3, -0.25) is 4.79 Å². The monoisotopic (exact) mass is 261 g/mol. The van der Waals surface area contributed by atoms with Crippen LogP contribution in [0.3, 0.4) is 0 Å². The van der Waals surface area contributed by atoms with E-state index in [-0.39, 0.29) is 17.3 Å². The van der Waals surface area contributed by atoms with Gasteiger partial charge in [-0.05, 0) is 6.26 Å². The summed E-state index contributed by atoms with van der Waals surface area (Å²) in [6.45, 7) is 2.34. The Morgan fingerprint density at radius 2 is 2.24 bits per heavy atom. The Balaban J connectivity index is 2.66. The molecule has 17 heavy (non-hydrogen) atoms. The largest absolute Gasteiger partial charge is 0.480 e. The van der Waals surface area contributed by atoms with E-state index in [2.05, 4.69) is 0 Å². The average molecular weight is 261 g/mol. The van der Waals surface area contributed by atoms with Crippen molar-refractivity contribution in [1.82, 2.24) is 4.90 Å². The predicted octanol–water partition coefficient (Wildman–Crippen LogP) is 0.829. The Morgan fingerprint density at radius 1 is 1.59 bits per heavy atom. The topological polar surface area (TPSA) is 66.8 Å². The highest BCUT2D eigenvalue weighted by atomic mass is 32.2. The lowest BCUT2D eigenvalue weighted by molar-refractivity contribution is -0.148. The van der Waals surface area contributed by atoms with Gasteiger partial charge in [-0.25, -0.2) is 4.79 Å². The van der Waals surface area contributed by atoms with Crippen LogP contribution in [0.2, 0.25) is 0 Å². The fraction of sp³-hybridized carbons (Fsp3) is 0.818. The summed E-state index contributed by atoms with van der Waals surface area (Å²) in [6.07, 6.45) is 2.53. The van der Waals surface area contributed by atoms with Crippen LogP contribution in [-0.2, 0) is 14.3 Å². The molecule has 1 aliphatic heterocycles. The molecule has 3 unspecified atom stereocenters. The highest BCUT2D eigenvalue weighted by Gasteiger charge is 2.39. The molecule has 1 amide bonds. The average Bonchev–Trinajstić information content (AvgIpc) is 2.72. The van der Waals surface area contributed by atoms with E-state index in [4.69, 9.17) is 9.84 Å². The van der Waals surface area contributed by atoms with Crippen molar-refractivity contribution in [3.05, 3.63) is 0 Å². The first-order valence-corrected chi connectivity index (χ1v) is 6.86. The van der Waals surface area contributed by atoms with Gasteiger partial charge in [0, 0.05) is 31.7 Å². The second kappa shape index (κ2) is 6.26. The Morgan fingerprint density at radius 3 is 2.71 bits per heavy atom. The van der Waals surface area contributed by atoms with Crippen molar-refractivity contribution < 1.29 is 19.4 Å². The molecule has 1 heterocycles. The number of likely N-dealkylation sites (tertiary alicyclic amines) is 1. The molecule has 0 bridgehead atoms. The maximum atomic E-state index is 12.0. The van der Waals surface area contributed by atoms with Crippen molar-refractivity contribution in [2.45, 2.75) is 37.2 Å². The molecule has 1 fully saturated rings. The van der Waals surface area contributed by atoms with Gasteiger partial charge in [0.15, 0.2) is 0 Å². The van der Waals surface area contributed by atoms with Gasteiger partial charge in [0.1, 0.15) is 6.04 Å². The van der Waals surface area contributed by atoms with Crippen molar-refractivity contribution >= 4 is 23.6 Å². The normalized spacial score (nSPS) is 25.9. The highest BCUT2D eigenvalue weighted by molar-refractivity contribution is 7.99. The third-order valence-corrected chi connectivity index (χ3v) is 4.04. The fourth-order valence-electron chi connectivity index (χ4n) is 1.92. The van der Waals surface area contributed by atoms with Crippen LogP contribution in [0.1, 0.15) is 19.8 Å². The molecule has 3 atom stereocenters. The summed E-state index contributed by atoms with van der Waals surface area (Å²) in [5.41, 5.74) is 0. The van der Waals surface area contributed by atoms with E-state index in [1.807, 2.05) is 13.2 Å². The first-order chi connectivity index (χ1) is 7.99. The molecule has 0 spiro atoms. The maximum Gasteiger partial charge on any atom is 0.326 e. The third-order valence-electron chi connectivity index (χ3n) is 3.07. The van der Waals surface area contributed by atoms with Crippen LogP contribution < -0.4 is 0 Å². The minimum Gasteiger partial charge on any atom is -0.480 e. The number of aliphatic carboxylic acids is 1. The highest BCUT2D eigenvalue weighted by Crippen LogP contribution is 2.22. The van der Waals surface area contributed by atoms with Crippen LogP contribution in [0, 0.1) is 0 Å². The van der Waals surface area contributed by atoms with Crippen LogP contribution in [0.4, 0.5) is 0 Å². The SMILES string of the molecule is COC1CC(C(=O)O)N(C(=O)CC(C)SC)C1. The van der Waals surface area contributed by atoms with E-state index in [0.29, 0.717) is 19.4 Å². The second-order valence-electron chi connectivity index (χ2n) is 4.24. The second-order valence-corrected chi connectivity index (χ2v) is 5.52. The van der Waals surface area contributed by atoms with Crippen LogP contribution in [0.15, 0.2) is 0 Å². The first kappa shape index (κ1) is 14.3. The lowest BCUT2D eigenvalue weighted by Crippen LogP contribution is -2.41. The number of hydrogen-bond acceptors (Lipinski definition) is 4. The summed E-state index contributed by atoms with van der Waals surface area (Å²) in [6, 6.07) is -0.735. The van der Waals surface area contributed by atoms with Crippen LogP contribution in [-0.4, -0.2) is 59.2 Å². The molecule has 0 saturated carbocycles. The van der Waals surface area contributed by atoms with E-state index >= 15 is 0 Å². The molecule has 1 aliphatic rings. The van der Waals surface area contributed by atoms with Gasteiger partial charge in [-0.1, -0.05) is 6.92 Å². The molecular formula is C11H19NO4S. The van der Waals surface area contributed by atoms with Crippen molar-refractivity contribution in [2.75, 3.05) is 19.9 Å². The summed E-state index contributed by atoms with van der Waals surface area (Å²) in [4.78, 5) is 24.5.